The molecule has 0 spiro atoms. The molecule has 0 aliphatic heterocycles. The SMILES string of the molecule is CO[C@@H]1CC[C@H]1NC(=O)c1onc2c(N(C)C(=O)OC(C)(C)C)cc(Nc3cccn(-c4ncccc4C)c3=O)nc12. The van der Waals surface area contributed by atoms with E-state index in [2.05, 4.69) is 25.8 Å². The molecule has 0 bridgehead atoms. The summed E-state index contributed by atoms with van der Waals surface area (Å²) in [7, 11) is 3.11. The van der Waals surface area contributed by atoms with Crippen LogP contribution < -0.4 is 21.1 Å². The van der Waals surface area contributed by atoms with Gasteiger partial charge in [-0.2, -0.15) is 0 Å². The minimum atomic E-state index is -0.757. The summed E-state index contributed by atoms with van der Waals surface area (Å²) in [5, 5.41) is 10.0. The number of pyridine rings is 3. The molecule has 0 saturated heterocycles. The number of aromatic nitrogens is 4. The predicted molar refractivity (Wildman–Crippen MR) is 156 cm³/mol. The summed E-state index contributed by atoms with van der Waals surface area (Å²) in [5.74, 6) is 0.00992. The van der Waals surface area contributed by atoms with Crippen LogP contribution in [0.5, 0.6) is 0 Å². The van der Waals surface area contributed by atoms with Gasteiger partial charge in [-0.05, 0) is 64.3 Å². The molecule has 13 nitrogen and oxygen atoms in total. The maximum atomic E-state index is 13.5. The molecule has 2 N–H and O–H groups in total. The van der Waals surface area contributed by atoms with Gasteiger partial charge in [0.15, 0.2) is 5.52 Å². The van der Waals surface area contributed by atoms with Gasteiger partial charge in [-0.1, -0.05) is 11.2 Å². The maximum absolute atomic E-state index is 13.5. The van der Waals surface area contributed by atoms with Gasteiger partial charge in [0.1, 0.15) is 28.4 Å². The first kappa shape index (κ1) is 28.7. The molecule has 2 amide bonds. The number of anilines is 3. The molecule has 0 unspecified atom stereocenters. The third-order valence-corrected chi connectivity index (χ3v) is 6.90. The zero-order valence-electron chi connectivity index (χ0n) is 24.3. The lowest BCUT2D eigenvalue weighted by atomic mass is 9.89. The second-order valence-electron chi connectivity index (χ2n) is 11.1. The van der Waals surface area contributed by atoms with Gasteiger partial charge in [-0.25, -0.2) is 14.8 Å². The fraction of sp³-hybridized carbons (Fsp3) is 0.379. The highest BCUT2D eigenvalue weighted by Crippen LogP contribution is 2.32. The predicted octanol–water partition coefficient (Wildman–Crippen LogP) is 4.10. The second kappa shape index (κ2) is 11.2. The lowest BCUT2D eigenvalue weighted by Gasteiger charge is -2.35. The van der Waals surface area contributed by atoms with E-state index in [0.717, 1.165) is 18.4 Å². The number of rotatable bonds is 7. The van der Waals surface area contributed by atoms with E-state index in [1.54, 1.807) is 58.5 Å². The number of nitrogens with zero attached hydrogens (tertiary/aromatic N) is 5. The number of methoxy groups -OCH3 is 1. The average Bonchev–Trinajstić information content (AvgIpc) is 3.35. The molecule has 0 aromatic carbocycles. The van der Waals surface area contributed by atoms with Crippen molar-refractivity contribution in [3.8, 4) is 5.82 Å². The molecule has 13 heteroatoms. The van der Waals surface area contributed by atoms with Crippen molar-refractivity contribution in [2.24, 2.45) is 0 Å². The summed E-state index contributed by atoms with van der Waals surface area (Å²) < 4.78 is 17.8. The minimum Gasteiger partial charge on any atom is -0.443 e. The maximum Gasteiger partial charge on any atom is 0.414 e. The highest BCUT2D eigenvalue weighted by Gasteiger charge is 2.34. The molecule has 4 aromatic heterocycles. The largest absolute Gasteiger partial charge is 0.443 e. The van der Waals surface area contributed by atoms with Crippen LogP contribution in [0.1, 0.15) is 49.7 Å². The van der Waals surface area contributed by atoms with Crippen molar-refractivity contribution in [1.82, 2.24) is 25.0 Å². The molecule has 0 radical (unpaired) electrons. The summed E-state index contributed by atoms with van der Waals surface area (Å²) in [6.45, 7) is 7.12. The Hall–Kier alpha value is -4.78. The van der Waals surface area contributed by atoms with E-state index in [-0.39, 0.29) is 51.7 Å². The topological polar surface area (TPSA) is 154 Å². The normalized spacial score (nSPS) is 16.5. The Morgan fingerprint density at radius 1 is 1.17 bits per heavy atom. The molecule has 1 saturated carbocycles. The Morgan fingerprint density at radius 2 is 1.95 bits per heavy atom. The first-order valence-electron chi connectivity index (χ1n) is 13.5. The van der Waals surface area contributed by atoms with Crippen LogP contribution in [0.3, 0.4) is 0 Å². The Morgan fingerprint density at radius 3 is 2.62 bits per heavy atom. The molecule has 1 aliphatic carbocycles. The van der Waals surface area contributed by atoms with E-state index in [1.807, 2.05) is 13.0 Å². The Bertz CT molecular complexity index is 1700. The standard InChI is InChI=1S/C29H33N7O6/c1-16-9-7-13-30-25(16)36-14-8-10-18(27(36)38)31-21-15-19(35(5)28(39)41-29(2,3)4)22-23(33-21)24(42-34-22)26(37)32-17-11-12-20(17)40-6/h7-10,13-15,17,20H,11-12H2,1-6H3,(H,31,33)(H,32,37)/t17-,20-/m1/s1. The number of ether oxygens (including phenoxy) is 2. The van der Waals surface area contributed by atoms with Gasteiger partial charge >= 0.3 is 6.09 Å². The van der Waals surface area contributed by atoms with Crippen molar-refractivity contribution >= 4 is 40.2 Å². The third-order valence-electron chi connectivity index (χ3n) is 6.90. The number of aryl methyl sites for hydroxylation is 1. The van der Waals surface area contributed by atoms with E-state index in [0.29, 0.717) is 5.82 Å². The van der Waals surface area contributed by atoms with Crippen molar-refractivity contribution in [2.75, 3.05) is 24.4 Å². The van der Waals surface area contributed by atoms with Crippen molar-refractivity contribution < 1.29 is 23.6 Å². The van der Waals surface area contributed by atoms with Crippen LogP contribution in [0.25, 0.3) is 16.9 Å². The summed E-state index contributed by atoms with van der Waals surface area (Å²) in [6.07, 6.45) is 4.09. The van der Waals surface area contributed by atoms with E-state index in [1.165, 1.54) is 22.6 Å². The van der Waals surface area contributed by atoms with E-state index < -0.39 is 17.6 Å². The van der Waals surface area contributed by atoms with Crippen molar-refractivity contribution in [1.29, 1.82) is 0 Å². The molecule has 5 rings (SSSR count). The monoisotopic (exact) mass is 575 g/mol. The number of hydrogen-bond donors (Lipinski definition) is 2. The smallest absolute Gasteiger partial charge is 0.414 e. The quantitative estimate of drug-likeness (QED) is 0.329. The average molecular weight is 576 g/mol. The highest BCUT2D eigenvalue weighted by atomic mass is 16.6. The van der Waals surface area contributed by atoms with E-state index >= 15 is 0 Å². The summed E-state index contributed by atoms with van der Waals surface area (Å²) in [5.41, 5.74) is 0.419. The summed E-state index contributed by atoms with van der Waals surface area (Å²) >= 11 is 0. The lowest BCUT2D eigenvalue weighted by molar-refractivity contribution is 0.00677. The Balaban J connectivity index is 1.57. The van der Waals surface area contributed by atoms with Crippen molar-refractivity contribution in [2.45, 2.75) is 58.3 Å². The summed E-state index contributed by atoms with van der Waals surface area (Å²) in [6, 6.07) is 8.31. The second-order valence-corrected chi connectivity index (χ2v) is 11.1. The first-order chi connectivity index (χ1) is 20.0. The van der Waals surface area contributed by atoms with Crippen LogP contribution in [0, 0.1) is 6.92 Å². The molecule has 2 atom stereocenters. The number of carbonyl (C=O) groups is 2. The molecule has 1 aliphatic rings. The first-order valence-corrected chi connectivity index (χ1v) is 13.5. The fourth-order valence-electron chi connectivity index (χ4n) is 4.58. The number of hydrogen-bond acceptors (Lipinski definition) is 10. The number of nitrogens with one attached hydrogen (secondary N) is 2. The molecule has 4 heterocycles. The highest BCUT2D eigenvalue weighted by molar-refractivity contribution is 6.07. The molecular formula is C29H33N7O6. The molecule has 4 aromatic rings. The molecule has 220 valence electrons. The lowest BCUT2D eigenvalue weighted by Crippen LogP contribution is -2.51. The van der Waals surface area contributed by atoms with Crippen molar-refractivity contribution in [3.63, 3.8) is 0 Å². The zero-order chi connectivity index (χ0) is 30.2. The van der Waals surface area contributed by atoms with Crippen LogP contribution in [-0.4, -0.2) is 63.6 Å². The van der Waals surface area contributed by atoms with Crippen LogP contribution >= 0.6 is 0 Å². The van der Waals surface area contributed by atoms with Gasteiger partial charge in [-0.3, -0.25) is 19.1 Å². The van der Waals surface area contributed by atoms with Crippen molar-refractivity contribution in [3.05, 3.63) is 64.4 Å². The van der Waals surface area contributed by atoms with Gasteiger partial charge < -0.3 is 24.6 Å². The number of carbonyl (C=O) groups excluding carboxylic acids is 2. The zero-order valence-corrected chi connectivity index (χ0v) is 24.3. The fourth-order valence-corrected chi connectivity index (χ4v) is 4.58. The van der Waals surface area contributed by atoms with Crippen LogP contribution in [0.15, 0.2) is 52.0 Å². The van der Waals surface area contributed by atoms with Crippen LogP contribution in [-0.2, 0) is 9.47 Å². The summed E-state index contributed by atoms with van der Waals surface area (Å²) in [4.78, 5) is 49.9. The van der Waals surface area contributed by atoms with E-state index in [4.69, 9.17) is 14.0 Å². The van der Waals surface area contributed by atoms with Crippen LogP contribution in [0.2, 0.25) is 0 Å². The van der Waals surface area contributed by atoms with E-state index in [9.17, 15) is 14.4 Å². The van der Waals surface area contributed by atoms with Gasteiger partial charge in [0, 0.05) is 32.6 Å². The Labute approximate surface area is 241 Å². The van der Waals surface area contributed by atoms with Gasteiger partial charge in [0.2, 0.25) is 5.76 Å². The molecule has 42 heavy (non-hydrogen) atoms. The molecular weight excluding hydrogens is 542 g/mol. The Kier molecular flexibility index (Phi) is 7.69. The number of amides is 2. The molecule has 1 fully saturated rings. The minimum absolute atomic E-state index is 0.0924. The van der Waals surface area contributed by atoms with Crippen LogP contribution in [0.4, 0.5) is 22.0 Å². The number of fused-ring (bicyclic) bond motifs is 1. The van der Waals surface area contributed by atoms with Gasteiger partial charge in [0.25, 0.3) is 11.5 Å². The third kappa shape index (κ3) is 5.68. The van der Waals surface area contributed by atoms with Gasteiger partial charge in [0.05, 0.1) is 17.8 Å². The van der Waals surface area contributed by atoms with Gasteiger partial charge in [-0.15, -0.1) is 0 Å².